The number of hydrogen-bond acceptors (Lipinski definition) is 5. The molecular formula is C10H10N4O3. The molecular weight excluding hydrogens is 224 g/mol. The molecule has 2 rings (SSSR count). The van der Waals surface area contributed by atoms with Crippen LogP contribution in [0.15, 0.2) is 30.5 Å². The minimum Gasteiger partial charge on any atom is -0.494 e. The minimum absolute atomic E-state index is 0.0325. The van der Waals surface area contributed by atoms with E-state index in [1.54, 1.807) is 12.3 Å². The van der Waals surface area contributed by atoms with Gasteiger partial charge in [0.15, 0.2) is 0 Å². The van der Waals surface area contributed by atoms with Gasteiger partial charge in [-0.2, -0.15) is 5.10 Å². The van der Waals surface area contributed by atoms with Crippen molar-refractivity contribution in [3.63, 3.8) is 0 Å². The van der Waals surface area contributed by atoms with Crippen molar-refractivity contribution < 1.29 is 9.66 Å². The summed E-state index contributed by atoms with van der Waals surface area (Å²) in [6.45, 7) is 0. The lowest BCUT2D eigenvalue weighted by atomic mass is 10.2. The summed E-state index contributed by atoms with van der Waals surface area (Å²) < 4.78 is 6.55. The average molecular weight is 234 g/mol. The molecule has 0 fully saturated rings. The Kier molecular flexibility index (Phi) is 2.65. The van der Waals surface area contributed by atoms with E-state index in [1.165, 1.54) is 30.0 Å². The maximum absolute atomic E-state index is 10.7. The van der Waals surface area contributed by atoms with Crippen LogP contribution in [0.1, 0.15) is 0 Å². The number of methoxy groups -OCH3 is 1. The van der Waals surface area contributed by atoms with Crippen LogP contribution in [0, 0.1) is 10.1 Å². The largest absolute Gasteiger partial charge is 0.494 e. The molecule has 0 saturated carbocycles. The Morgan fingerprint density at radius 1 is 1.47 bits per heavy atom. The van der Waals surface area contributed by atoms with Crippen LogP contribution in [-0.4, -0.2) is 21.8 Å². The first kappa shape index (κ1) is 10.9. The van der Waals surface area contributed by atoms with Gasteiger partial charge < -0.3 is 10.5 Å². The van der Waals surface area contributed by atoms with E-state index >= 15 is 0 Å². The second-order valence-corrected chi connectivity index (χ2v) is 3.30. The zero-order valence-corrected chi connectivity index (χ0v) is 9.03. The van der Waals surface area contributed by atoms with E-state index < -0.39 is 4.92 Å². The van der Waals surface area contributed by atoms with E-state index in [1.807, 2.05) is 0 Å². The van der Waals surface area contributed by atoms with Crippen LogP contribution in [0.2, 0.25) is 0 Å². The van der Waals surface area contributed by atoms with Gasteiger partial charge in [0.2, 0.25) is 0 Å². The van der Waals surface area contributed by atoms with Crippen molar-refractivity contribution in [2.75, 3.05) is 12.8 Å². The number of nitrogen functional groups attached to an aromatic ring is 1. The Morgan fingerprint density at radius 2 is 2.24 bits per heavy atom. The normalized spacial score (nSPS) is 10.2. The van der Waals surface area contributed by atoms with Crippen LogP contribution >= 0.6 is 0 Å². The van der Waals surface area contributed by atoms with Gasteiger partial charge in [-0.3, -0.25) is 10.1 Å². The summed E-state index contributed by atoms with van der Waals surface area (Å²) in [7, 11) is 1.48. The Labute approximate surface area is 96.6 Å². The molecule has 0 aliphatic rings. The van der Waals surface area contributed by atoms with Gasteiger partial charge >= 0.3 is 0 Å². The molecule has 1 aromatic heterocycles. The molecule has 0 radical (unpaired) electrons. The van der Waals surface area contributed by atoms with Gasteiger partial charge in [0.05, 0.1) is 12.0 Å². The lowest BCUT2D eigenvalue weighted by molar-refractivity contribution is -0.384. The first-order valence-corrected chi connectivity index (χ1v) is 4.76. The highest BCUT2D eigenvalue weighted by atomic mass is 16.6. The molecule has 1 aromatic carbocycles. The molecule has 0 amide bonds. The highest BCUT2D eigenvalue weighted by molar-refractivity contribution is 5.53. The third kappa shape index (κ3) is 2.03. The fourth-order valence-electron chi connectivity index (χ4n) is 1.44. The Balaban J connectivity index is 2.57. The van der Waals surface area contributed by atoms with E-state index in [-0.39, 0.29) is 5.69 Å². The predicted octanol–water partition coefficient (Wildman–Crippen LogP) is 1.37. The smallest absolute Gasteiger partial charge is 0.271 e. The SMILES string of the molecule is COc1ccc([N+](=O)[O-])cc1-n1ccc(N)n1. The topological polar surface area (TPSA) is 96.2 Å². The number of nitro benzene ring substituents is 1. The number of rotatable bonds is 3. The van der Waals surface area contributed by atoms with Gasteiger partial charge in [-0.05, 0) is 6.07 Å². The number of nitro groups is 1. The molecule has 0 bridgehead atoms. The standard InChI is InChI=1S/C10H10N4O3/c1-17-9-3-2-7(14(15)16)6-8(9)13-5-4-10(11)12-13/h2-6H,1H3,(H2,11,12). The summed E-state index contributed by atoms with van der Waals surface area (Å²) in [4.78, 5) is 10.2. The van der Waals surface area contributed by atoms with Crippen LogP contribution in [0.25, 0.3) is 5.69 Å². The van der Waals surface area contributed by atoms with Crippen molar-refractivity contribution in [1.82, 2.24) is 9.78 Å². The van der Waals surface area contributed by atoms with Gasteiger partial charge in [0, 0.05) is 24.4 Å². The van der Waals surface area contributed by atoms with Gasteiger partial charge in [0.1, 0.15) is 17.3 Å². The van der Waals surface area contributed by atoms with Crippen molar-refractivity contribution >= 4 is 11.5 Å². The summed E-state index contributed by atoms with van der Waals surface area (Å²) >= 11 is 0. The van der Waals surface area contributed by atoms with E-state index in [2.05, 4.69) is 5.10 Å². The summed E-state index contributed by atoms with van der Waals surface area (Å²) in [6.07, 6.45) is 1.61. The summed E-state index contributed by atoms with van der Waals surface area (Å²) in [5.41, 5.74) is 5.94. The molecule has 2 N–H and O–H groups in total. The number of non-ortho nitro benzene ring substituents is 1. The zero-order chi connectivity index (χ0) is 12.4. The zero-order valence-electron chi connectivity index (χ0n) is 9.03. The van der Waals surface area contributed by atoms with Gasteiger partial charge in [-0.1, -0.05) is 0 Å². The molecule has 0 saturated heterocycles. The highest BCUT2D eigenvalue weighted by Gasteiger charge is 2.13. The van der Waals surface area contributed by atoms with Crippen LogP contribution < -0.4 is 10.5 Å². The second kappa shape index (κ2) is 4.12. The number of benzene rings is 1. The molecule has 7 heteroatoms. The number of nitrogens with zero attached hydrogens (tertiary/aromatic N) is 3. The number of hydrogen-bond donors (Lipinski definition) is 1. The maximum atomic E-state index is 10.7. The van der Waals surface area contributed by atoms with Crippen LogP contribution in [-0.2, 0) is 0 Å². The van der Waals surface area contributed by atoms with Crippen LogP contribution in [0.5, 0.6) is 5.75 Å². The molecule has 7 nitrogen and oxygen atoms in total. The second-order valence-electron chi connectivity index (χ2n) is 3.30. The lowest BCUT2D eigenvalue weighted by Crippen LogP contribution is -2.01. The average Bonchev–Trinajstić information content (AvgIpc) is 2.74. The fraction of sp³-hybridized carbons (Fsp3) is 0.100. The van der Waals surface area contributed by atoms with E-state index in [4.69, 9.17) is 10.5 Å². The third-order valence-electron chi connectivity index (χ3n) is 2.23. The van der Waals surface area contributed by atoms with E-state index in [0.717, 1.165) is 0 Å². The molecule has 0 aliphatic heterocycles. The molecule has 1 heterocycles. The van der Waals surface area contributed by atoms with Gasteiger partial charge in [-0.25, -0.2) is 4.68 Å². The maximum Gasteiger partial charge on any atom is 0.271 e. The van der Waals surface area contributed by atoms with Crippen LogP contribution in [0.3, 0.4) is 0 Å². The Bertz CT molecular complexity index is 564. The molecule has 0 aliphatic carbocycles. The van der Waals surface area contributed by atoms with E-state index in [9.17, 15) is 10.1 Å². The number of aromatic nitrogens is 2. The molecule has 0 unspecified atom stereocenters. The van der Waals surface area contributed by atoms with Gasteiger partial charge in [0.25, 0.3) is 5.69 Å². The van der Waals surface area contributed by atoms with Crippen molar-refractivity contribution in [2.45, 2.75) is 0 Å². The van der Waals surface area contributed by atoms with E-state index in [0.29, 0.717) is 17.3 Å². The van der Waals surface area contributed by atoms with Crippen LogP contribution in [0.4, 0.5) is 11.5 Å². The molecule has 0 atom stereocenters. The molecule has 17 heavy (non-hydrogen) atoms. The third-order valence-corrected chi connectivity index (χ3v) is 2.23. The first-order valence-electron chi connectivity index (χ1n) is 4.76. The lowest BCUT2D eigenvalue weighted by Gasteiger charge is -2.07. The van der Waals surface area contributed by atoms with Crippen molar-refractivity contribution in [2.24, 2.45) is 0 Å². The van der Waals surface area contributed by atoms with Crippen molar-refractivity contribution in [3.05, 3.63) is 40.6 Å². The summed E-state index contributed by atoms with van der Waals surface area (Å²) in [5, 5.41) is 14.7. The molecule has 88 valence electrons. The van der Waals surface area contributed by atoms with Crippen molar-refractivity contribution in [3.8, 4) is 11.4 Å². The highest BCUT2D eigenvalue weighted by Crippen LogP contribution is 2.27. The van der Waals surface area contributed by atoms with Crippen molar-refractivity contribution in [1.29, 1.82) is 0 Å². The van der Waals surface area contributed by atoms with Gasteiger partial charge in [-0.15, -0.1) is 0 Å². The molecule has 0 spiro atoms. The summed E-state index contributed by atoms with van der Waals surface area (Å²) in [5.74, 6) is 0.817. The molecule has 2 aromatic rings. The monoisotopic (exact) mass is 234 g/mol. The Hall–Kier alpha value is -2.57. The Morgan fingerprint density at radius 3 is 2.76 bits per heavy atom. The first-order chi connectivity index (χ1) is 8.11. The quantitative estimate of drug-likeness (QED) is 0.639. The number of ether oxygens (including phenoxy) is 1. The predicted molar refractivity (Wildman–Crippen MR) is 61.2 cm³/mol. The minimum atomic E-state index is -0.476. The number of nitrogens with two attached hydrogens (primary N) is 1. The summed E-state index contributed by atoms with van der Waals surface area (Å²) in [6, 6.07) is 5.87. The number of anilines is 1. The fourth-order valence-corrected chi connectivity index (χ4v) is 1.44.